The molecule has 0 radical (unpaired) electrons. The molecule has 1 aromatic carbocycles. The Bertz CT molecular complexity index is 1050. The maximum Gasteiger partial charge on any atom is 0.318 e. The van der Waals surface area contributed by atoms with Crippen molar-refractivity contribution in [2.24, 2.45) is 5.73 Å². The van der Waals surface area contributed by atoms with Crippen LogP contribution < -0.4 is 11.1 Å². The first-order chi connectivity index (χ1) is 14.5. The Hall–Kier alpha value is -3.53. The van der Waals surface area contributed by atoms with Crippen LogP contribution in [0.15, 0.2) is 43.0 Å². The number of nitriles is 1. The fourth-order valence-electron chi connectivity index (χ4n) is 4.40. The third-order valence-corrected chi connectivity index (χ3v) is 6.10. The van der Waals surface area contributed by atoms with Gasteiger partial charge in [-0.1, -0.05) is 43.3 Å². The minimum atomic E-state index is -0.647. The summed E-state index contributed by atoms with van der Waals surface area (Å²) in [5.74, 6) is -0.411. The quantitative estimate of drug-likeness (QED) is 0.750. The Kier molecular flexibility index (Phi) is 5.08. The van der Waals surface area contributed by atoms with Crippen LogP contribution in [-0.2, 0) is 13.1 Å². The Morgan fingerprint density at radius 2 is 2.07 bits per heavy atom. The second-order valence-corrected chi connectivity index (χ2v) is 7.96. The molecule has 3 atom stereocenters. The summed E-state index contributed by atoms with van der Waals surface area (Å²) in [4.78, 5) is 26.7. The van der Waals surface area contributed by atoms with Crippen molar-refractivity contribution in [1.82, 2.24) is 14.8 Å². The van der Waals surface area contributed by atoms with E-state index in [-0.39, 0.29) is 30.1 Å². The van der Waals surface area contributed by atoms with Gasteiger partial charge in [-0.15, -0.1) is 6.58 Å². The summed E-state index contributed by atoms with van der Waals surface area (Å²) < 4.78 is 1.96. The van der Waals surface area contributed by atoms with Gasteiger partial charge in [0, 0.05) is 36.7 Å². The van der Waals surface area contributed by atoms with Crippen LogP contribution in [0.25, 0.3) is 0 Å². The van der Waals surface area contributed by atoms with E-state index in [4.69, 9.17) is 5.73 Å². The molecule has 4 rings (SSSR count). The number of amides is 3. The van der Waals surface area contributed by atoms with Crippen molar-refractivity contribution in [2.75, 3.05) is 6.54 Å². The lowest BCUT2D eigenvalue weighted by Crippen LogP contribution is -2.45. The summed E-state index contributed by atoms with van der Waals surface area (Å²) in [6.07, 6.45) is 2.66. The van der Waals surface area contributed by atoms with E-state index < -0.39 is 5.91 Å². The molecule has 1 saturated carbocycles. The van der Waals surface area contributed by atoms with E-state index in [0.29, 0.717) is 30.3 Å². The number of fused-ring (bicyclic) bond motifs is 1. The van der Waals surface area contributed by atoms with Crippen molar-refractivity contribution in [3.05, 3.63) is 71.1 Å². The van der Waals surface area contributed by atoms with E-state index in [0.717, 1.165) is 12.1 Å². The fraction of sp³-hybridized carbons (Fsp3) is 0.348. The summed E-state index contributed by atoms with van der Waals surface area (Å²) in [7, 11) is 0. The lowest BCUT2D eigenvalue weighted by Gasteiger charge is -2.30. The van der Waals surface area contributed by atoms with E-state index in [2.05, 4.69) is 30.1 Å². The number of urea groups is 1. The van der Waals surface area contributed by atoms with E-state index in [9.17, 15) is 14.9 Å². The largest absolute Gasteiger partial charge is 0.366 e. The molecule has 30 heavy (non-hydrogen) atoms. The summed E-state index contributed by atoms with van der Waals surface area (Å²) in [5.41, 5.74) is 8.71. The molecule has 3 N–H and O–H groups in total. The van der Waals surface area contributed by atoms with Gasteiger partial charge in [-0.3, -0.25) is 4.79 Å². The van der Waals surface area contributed by atoms with Crippen molar-refractivity contribution in [3.8, 4) is 6.07 Å². The Morgan fingerprint density at radius 3 is 2.70 bits per heavy atom. The molecule has 0 saturated heterocycles. The predicted molar refractivity (Wildman–Crippen MR) is 113 cm³/mol. The highest BCUT2D eigenvalue weighted by molar-refractivity contribution is 5.97. The van der Waals surface area contributed by atoms with Crippen LogP contribution in [0.5, 0.6) is 0 Å². The zero-order valence-electron chi connectivity index (χ0n) is 17.0. The van der Waals surface area contributed by atoms with Gasteiger partial charge in [0.1, 0.15) is 6.07 Å². The van der Waals surface area contributed by atoms with Gasteiger partial charge in [0.05, 0.1) is 23.4 Å². The highest BCUT2D eigenvalue weighted by Gasteiger charge is 2.41. The average molecular weight is 403 g/mol. The van der Waals surface area contributed by atoms with Gasteiger partial charge in [0.25, 0.3) is 5.91 Å². The molecule has 1 aromatic heterocycles. The molecule has 7 heteroatoms. The highest BCUT2D eigenvalue weighted by atomic mass is 16.2. The molecule has 2 heterocycles. The van der Waals surface area contributed by atoms with E-state index in [1.165, 1.54) is 5.56 Å². The van der Waals surface area contributed by atoms with Gasteiger partial charge in [-0.25, -0.2) is 4.79 Å². The molecule has 3 unspecified atom stereocenters. The number of hydrogen-bond donors (Lipinski definition) is 2. The second-order valence-electron chi connectivity index (χ2n) is 7.96. The number of aromatic nitrogens is 1. The zero-order chi connectivity index (χ0) is 21.4. The summed E-state index contributed by atoms with van der Waals surface area (Å²) in [6, 6.07) is 12.3. The first-order valence-corrected chi connectivity index (χ1v) is 10.1. The maximum absolute atomic E-state index is 12.9. The molecule has 3 amide bonds. The monoisotopic (exact) mass is 403 g/mol. The number of benzene rings is 1. The van der Waals surface area contributed by atoms with Gasteiger partial charge in [-0.2, -0.15) is 5.26 Å². The van der Waals surface area contributed by atoms with Crippen LogP contribution in [0.4, 0.5) is 4.79 Å². The lowest BCUT2D eigenvalue weighted by atomic mass is 10.0. The maximum atomic E-state index is 12.9. The molecule has 7 nitrogen and oxygen atoms in total. The van der Waals surface area contributed by atoms with Crippen molar-refractivity contribution in [3.63, 3.8) is 0 Å². The molecule has 1 aliphatic heterocycles. The molecular weight excluding hydrogens is 378 g/mol. The van der Waals surface area contributed by atoms with Crippen molar-refractivity contribution in [2.45, 2.75) is 44.3 Å². The number of carbonyl (C=O) groups is 2. The number of allylic oxidation sites excluding steroid dienone is 1. The normalized spacial score (nSPS) is 20.6. The van der Waals surface area contributed by atoms with Crippen molar-refractivity contribution < 1.29 is 9.59 Å². The number of carbonyl (C=O) groups excluding carboxylic acids is 2. The third-order valence-electron chi connectivity index (χ3n) is 6.10. The van der Waals surface area contributed by atoms with Crippen molar-refractivity contribution >= 4 is 11.9 Å². The molecule has 1 aliphatic carbocycles. The highest BCUT2D eigenvalue weighted by Crippen LogP contribution is 2.41. The number of primary amides is 1. The van der Waals surface area contributed by atoms with Crippen molar-refractivity contribution in [1.29, 1.82) is 5.26 Å². The van der Waals surface area contributed by atoms with Crippen LogP contribution in [0.1, 0.15) is 58.1 Å². The molecule has 1 fully saturated rings. The van der Waals surface area contributed by atoms with Crippen LogP contribution in [0, 0.1) is 11.3 Å². The summed E-state index contributed by atoms with van der Waals surface area (Å²) in [5, 5.41) is 12.8. The number of nitrogens with two attached hydrogens (primary N) is 1. The third kappa shape index (κ3) is 3.35. The van der Waals surface area contributed by atoms with E-state index in [1.807, 2.05) is 29.7 Å². The first-order valence-electron chi connectivity index (χ1n) is 10.1. The first kappa shape index (κ1) is 19.8. The fourth-order valence-corrected chi connectivity index (χ4v) is 4.40. The molecular formula is C23H25N5O2. The van der Waals surface area contributed by atoms with E-state index >= 15 is 0 Å². The van der Waals surface area contributed by atoms with Crippen LogP contribution >= 0.6 is 0 Å². The van der Waals surface area contributed by atoms with Crippen LogP contribution in [0.2, 0.25) is 0 Å². The Balaban J connectivity index is 1.54. The number of hydrogen-bond acceptors (Lipinski definition) is 3. The molecule has 0 bridgehead atoms. The lowest BCUT2D eigenvalue weighted by molar-refractivity contribution is 0.0996. The predicted octanol–water partition coefficient (Wildman–Crippen LogP) is 2.83. The number of nitrogens with zero attached hydrogens (tertiary/aromatic N) is 3. The average Bonchev–Trinajstić information content (AvgIpc) is 3.44. The molecule has 0 spiro atoms. The SMILES string of the molecule is C=CC(C)c1c(C#N)c(C(N)=O)c2n1CCN(C(=O)NC1CC1c1ccccc1)C2. The van der Waals surface area contributed by atoms with Crippen LogP contribution in [-0.4, -0.2) is 34.0 Å². The minimum Gasteiger partial charge on any atom is -0.366 e. The van der Waals surface area contributed by atoms with Crippen LogP contribution in [0.3, 0.4) is 0 Å². The number of rotatable bonds is 5. The van der Waals surface area contributed by atoms with Gasteiger partial charge in [0.2, 0.25) is 0 Å². The zero-order valence-corrected chi connectivity index (χ0v) is 17.0. The van der Waals surface area contributed by atoms with Gasteiger partial charge < -0.3 is 20.5 Å². The summed E-state index contributed by atoms with van der Waals surface area (Å²) in [6.45, 7) is 6.99. The number of nitrogens with one attached hydrogen (secondary N) is 1. The topological polar surface area (TPSA) is 104 Å². The standard InChI is InChI=1S/C23H25N5O2/c1-3-14(2)21-17(12-24)20(22(25)29)19-13-27(9-10-28(19)21)23(30)26-18-11-16(18)15-7-5-4-6-8-15/h3-8,14,16,18H,1,9-11,13H2,2H3,(H2,25,29)(H,26,30). The van der Waals surface area contributed by atoms with Gasteiger partial charge in [0.15, 0.2) is 0 Å². The summed E-state index contributed by atoms with van der Waals surface area (Å²) >= 11 is 0. The van der Waals surface area contributed by atoms with Gasteiger partial charge >= 0.3 is 6.03 Å². The minimum absolute atomic E-state index is 0.107. The van der Waals surface area contributed by atoms with Gasteiger partial charge in [-0.05, 0) is 12.0 Å². The molecule has 154 valence electrons. The Labute approximate surface area is 175 Å². The molecule has 2 aromatic rings. The Morgan fingerprint density at radius 1 is 1.33 bits per heavy atom. The molecule has 2 aliphatic rings. The smallest absolute Gasteiger partial charge is 0.318 e. The van der Waals surface area contributed by atoms with E-state index in [1.54, 1.807) is 11.0 Å². The second kappa shape index (κ2) is 7.71.